The van der Waals surface area contributed by atoms with E-state index in [9.17, 15) is 13.2 Å². The fraction of sp³-hybridized carbons (Fsp3) is 0.143. The Labute approximate surface area is 127 Å². The Morgan fingerprint density at radius 2 is 1.85 bits per heavy atom. The molecule has 0 unspecified atom stereocenters. The van der Waals surface area contributed by atoms with Crippen molar-refractivity contribution in [3.05, 3.63) is 63.1 Å². The summed E-state index contributed by atoms with van der Waals surface area (Å²) in [5.41, 5.74) is 0.606. The maximum Gasteiger partial charge on any atom is 0.416 e. The van der Waals surface area contributed by atoms with Gasteiger partial charge in [-0.3, -0.25) is 0 Å². The van der Waals surface area contributed by atoms with Crippen LogP contribution < -0.4 is 5.32 Å². The van der Waals surface area contributed by atoms with Gasteiger partial charge in [0, 0.05) is 21.7 Å². The van der Waals surface area contributed by atoms with Crippen molar-refractivity contribution in [2.24, 2.45) is 0 Å². The molecular formula is C14H10BrClF3N. The van der Waals surface area contributed by atoms with Gasteiger partial charge in [-0.15, -0.1) is 0 Å². The summed E-state index contributed by atoms with van der Waals surface area (Å²) >= 11 is 9.26. The van der Waals surface area contributed by atoms with E-state index < -0.39 is 11.7 Å². The predicted octanol–water partition coefficient (Wildman–Crippen LogP) is 5.73. The van der Waals surface area contributed by atoms with Gasteiger partial charge in [0.1, 0.15) is 0 Å². The minimum Gasteiger partial charge on any atom is -0.381 e. The highest BCUT2D eigenvalue weighted by molar-refractivity contribution is 9.10. The molecule has 0 aromatic heterocycles. The molecule has 6 heteroatoms. The van der Waals surface area contributed by atoms with Crippen LogP contribution in [0.1, 0.15) is 11.1 Å². The summed E-state index contributed by atoms with van der Waals surface area (Å²) in [5.74, 6) is 0. The Morgan fingerprint density at radius 3 is 2.55 bits per heavy atom. The van der Waals surface area contributed by atoms with Crippen molar-refractivity contribution >= 4 is 33.2 Å². The van der Waals surface area contributed by atoms with E-state index >= 15 is 0 Å². The van der Waals surface area contributed by atoms with E-state index in [1.165, 1.54) is 6.07 Å². The van der Waals surface area contributed by atoms with Gasteiger partial charge in [-0.2, -0.15) is 13.2 Å². The van der Waals surface area contributed by atoms with Crippen molar-refractivity contribution in [3.63, 3.8) is 0 Å². The van der Waals surface area contributed by atoms with Crippen molar-refractivity contribution in [2.75, 3.05) is 5.32 Å². The number of hydrogen-bond donors (Lipinski definition) is 1. The monoisotopic (exact) mass is 363 g/mol. The SMILES string of the molecule is FC(F)(F)c1cccc(NCc2cc(Cl)ccc2Br)c1. The number of halogens is 5. The fourth-order valence-electron chi connectivity index (χ4n) is 1.68. The van der Waals surface area contributed by atoms with Crippen LogP contribution in [0.4, 0.5) is 18.9 Å². The lowest BCUT2D eigenvalue weighted by Gasteiger charge is -2.11. The first-order valence-electron chi connectivity index (χ1n) is 5.71. The van der Waals surface area contributed by atoms with Gasteiger partial charge in [-0.05, 0) is 42.0 Å². The molecule has 0 heterocycles. The van der Waals surface area contributed by atoms with Crippen LogP contribution in [0, 0.1) is 0 Å². The number of rotatable bonds is 3. The quantitative estimate of drug-likeness (QED) is 0.733. The first-order chi connectivity index (χ1) is 9.36. The van der Waals surface area contributed by atoms with Crippen LogP contribution in [-0.2, 0) is 12.7 Å². The molecule has 0 radical (unpaired) electrons. The van der Waals surface area contributed by atoms with E-state index in [2.05, 4.69) is 21.2 Å². The maximum atomic E-state index is 12.6. The highest BCUT2D eigenvalue weighted by Gasteiger charge is 2.30. The van der Waals surface area contributed by atoms with Crippen LogP contribution in [0.2, 0.25) is 5.02 Å². The molecule has 2 rings (SSSR count). The van der Waals surface area contributed by atoms with Crippen LogP contribution in [0.15, 0.2) is 46.9 Å². The molecule has 0 aliphatic carbocycles. The average Bonchev–Trinajstić information content (AvgIpc) is 2.39. The van der Waals surface area contributed by atoms with Crippen LogP contribution in [0.3, 0.4) is 0 Å². The Kier molecular flexibility index (Phi) is 4.60. The predicted molar refractivity (Wildman–Crippen MR) is 77.9 cm³/mol. The zero-order valence-electron chi connectivity index (χ0n) is 10.1. The van der Waals surface area contributed by atoms with Gasteiger partial charge in [0.15, 0.2) is 0 Å². The molecule has 0 atom stereocenters. The van der Waals surface area contributed by atoms with Gasteiger partial charge in [-0.1, -0.05) is 33.6 Å². The molecule has 0 amide bonds. The van der Waals surface area contributed by atoms with Crippen molar-refractivity contribution in [3.8, 4) is 0 Å². The molecule has 106 valence electrons. The normalized spacial score (nSPS) is 11.4. The van der Waals surface area contributed by atoms with Gasteiger partial charge in [0.05, 0.1) is 5.56 Å². The summed E-state index contributed by atoms with van der Waals surface area (Å²) in [6, 6.07) is 10.4. The summed E-state index contributed by atoms with van der Waals surface area (Å²) < 4.78 is 38.6. The third kappa shape index (κ3) is 3.90. The van der Waals surface area contributed by atoms with Gasteiger partial charge >= 0.3 is 6.18 Å². The lowest BCUT2D eigenvalue weighted by Crippen LogP contribution is -2.06. The largest absolute Gasteiger partial charge is 0.416 e. The Hall–Kier alpha value is -1.20. The van der Waals surface area contributed by atoms with E-state index in [4.69, 9.17) is 11.6 Å². The van der Waals surface area contributed by atoms with Crippen molar-refractivity contribution in [1.29, 1.82) is 0 Å². The van der Waals surface area contributed by atoms with Crippen LogP contribution >= 0.6 is 27.5 Å². The van der Waals surface area contributed by atoms with Crippen LogP contribution in [0.5, 0.6) is 0 Å². The molecule has 2 aromatic carbocycles. The first-order valence-corrected chi connectivity index (χ1v) is 6.88. The molecular weight excluding hydrogens is 355 g/mol. The molecule has 0 aliphatic rings. The minimum absolute atomic E-state index is 0.377. The van der Waals surface area contributed by atoms with Gasteiger partial charge < -0.3 is 5.32 Å². The molecule has 0 saturated heterocycles. The average molecular weight is 365 g/mol. The molecule has 0 saturated carbocycles. The van der Waals surface area contributed by atoms with E-state index in [-0.39, 0.29) is 0 Å². The number of benzene rings is 2. The summed E-state index contributed by atoms with van der Waals surface area (Å²) in [4.78, 5) is 0. The second kappa shape index (κ2) is 6.06. The summed E-state index contributed by atoms with van der Waals surface area (Å²) in [7, 11) is 0. The molecule has 0 spiro atoms. The molecule has 1 N–H and O–H groups in total. The van der Waals surface area contributed by atoms with E-state index in [0.29, 0.717) is 17.3 Å². The van der Waals surface area contributed by atoms with Gasteiger partial charge in [0.25, 0.3) is 0 Å². The maximum absolute atomic E-state index is 12.6. The van der Waals surface area contributed by atoms with Gasteiger partial charge in [-0.25, -0.2) is 0 Å². The second-order valence-electron chi connectivity index (χ2n) is 4.17. The Bertz CT molecular complexity index is 614. The molecule has 0 fully saturated rings. The molecule has 0 bridgehead atoms. The molecule has 20 heavy (non-hydrogen) atoms. The fourth-order valence-corrected chi connectivity index (χ4v) is 2.26. The zero-order valence-corrected chi connectivity index (χ0v) is 12.5. The van der Waals surface area contributed by atoms with Crippen molar-refractivity contribution < 1.29 is 13.2 Å². The lowest BCUT2D eigenvalue weighted by atomic mass is 10.2. The van der Waals surface area contributed by atoms with E-state index in [1.807, 2.05) is 0 Å². The summed E-state index contributed by atoms with van der Waals surface area (Å²) in [5, 5.41) is 3.53. The van der Waals surface area contributed by atoms with E-state index in [1.54, 1.807) is 24.3 Å². The highest BCUT2D eigenvalue weighted by atomic mass is 79.9. The van der Waals surface area contributed by atoms with Crippen LogP contribution in [-0.4, -0.2) is 0 Å². The lowest BCUT2D eigenvalue weighted by molar-refractivity contribution is -0.137. The summed E-state index contributed by atoms with van der Waals surface area (Å²) in [6.45, 7) is 0.377. The topological polar surface area (TPSA) is 12.0 Å². The second-order valence-corrected chi connectivity index (χ2v) is 5.46. The summed E-state index contributed by atoms with van der Waals surface area (Å²) in [6.07, 6.45) is -4.34. The number of nitrogens with one attached hydrogen (secondary N) is 1. The van der Waals surface area contributed by atoms with E-state index in [0.717, 1.165) is 22.2 Å². The smallest absolute Gasteiger partial charge is 0.381 e. The third-order valence-electron chi connectivity index (χ3n) is 2.68. The van der Waals surface area contributed by atoms with Crippen LogP contribution in [0.25, 0.3) is 0 Å². The Balaban J connectivity index is 2.13. The van der Waals surface area contributed by atoms with Crippen molar-refractivity contribution in [1.82, 2.24) is 0 Å². The zero-order chi connectivity index (χ0) is 14.8. The number of alkyl halides is 3. The minimum atomic E-state index is -4.34. The number of hydrogen-bond acceptors (Lipinski definition) is 1. The molecule has 0 aliphatic heterocycles. The molecule has 1 nitrogen and oxygen atoms in total. The first kappa shape index (κ1) is 15.2. The van der Waals surface area contributed by atoms with Gasteiger partial charge in [0.2, 0.25) is 0 Å². The molecule has 2 aromatic rings. The number of anilines is 1. The standard InChI is InChI=1S/C14H10BrClF3N/c15-13-5-4-11(16)6-9(13)8-20-12-3-1-2-10(7-12)14(17,18)19/h1-7,20H,8H2. The highest BCUT2D eigenvalue weighted by Crippen LogP contribution is 2.31. The van der Waals surface area contributed by atoms with Crippen molar-refractivity contribution in [2.45, 2.75) is 12.7 Å². The Morgan fingerprint density at radius 1 is 1.10 bits per heavy atom. The third-order valence-corrected chi connectivity index (χ3v) is 3.69.